The van der Waals surface area contributed by atoms with E-state index in [0.29, 0.717) is 39.4 Å². The number of benzene rings is 3. The summed E-state index contributed by atoms with van der Waals surface area (Å²) < 4.78 is 44.7. The maximum Gasteiger partial charge on any atom is 0.266 e. The maximum absolute atomic E-state index is 15.0. The van der Waals surface area contributed by atoms with E-state index in [1.54, 1.807) is 30.3 Å². The molecule has 0 radical (unpaired) electrons. The van der Waals surface area contributed by atoms with Gasteiger partial charge in [-0.3, -0.25) is 9.78 Å². The third-order valence-corrected chi connectivity index (χ3v) is 5.87. The molecule has 0 unspecified atom stereocenters. The second kappa shape index (κ2) is 10.7. The van der Waals surface area contributed by atoms with Crippen LogP contribution < -0.4 is 19.3 Å². The number of carbonyl (C=O) groups is 1. The molecule has 5 rings (SSSR count). The Balaban J connectivity index is 1.39. The van der Waals surface area contributed by atoms with E-state index in [-0.39, 0.29) is 22.2 Å². The second-order valence-electron chi connectivity index (χ2n) is 8.26. The monoisotopic (exact) mass is 528 g/mol. The maximum atomic E-state index is 15.0. The van der Waals surface area contributed by atoms with Crippen molar-refractivity contribution < 1.29 is 27.8 Å². The van der Waals surface area contributed by atoms with Crippen molar-refractivity contribution in [2.24, 2.45) is 0 Å². The summed E-state index contributed by atoms with van der Waals surface area (Å²) in [5, 5.41) is 13.4. The molecule has 8 nitrogen and oxygen atoms in total. The van der Waals surface area contributed by atoms with Crippen molar-refractivity contribution in [2.75, 3.05) is 19.3 Å². The SMILES string of the molecule is COc1cc2nccc(Oc3ccc(N([O-])C(=O)c4cccc(-c5ccc(F)cc5)n4)cc3F)c2cc1OC. The smallest absolute Gasteiger partial charge is 0.266 e. The highest BCUT2D eigenvalue weighted by molar-refractivity contribution is 6.05. The molecule has 0 saturated heterocycles. The summed E-state index contributed by atoms with van der Waals surface area (Å²) in [7, 11) is 2.99. The summed E-state index contributed by atoms with van der Waals surface area (Å²) in [4.78, 5) is 21.3. The number of ether oxygens (including phenoxy) is 3. The minimum atomic E-state index is -0.992. The van der Waals surface area contributed by atoms with Gasteiger partial charge in [0.1, 0.15) is 17.3 Å². The number of carbonyl (C=O) groups excluding carboxylic acids is 1. The molecule has 0 fully saturated rings. The van der Waals surface area contributed by atoms with E-state index in [0.717, 1.165) is 6.07 Å². The van der Waals surface area contributed by atoms with Crippen LogP contribution in [0.25, 0.3) is 22.2 Å². The van der Waals surface area contributed by atoms with E-state index in [1.807, 2.05) is 0 Å². The van der Waals surface area contributed by atoms with Gasteiger partial charge >= 0.3 is 0 Å². The zero-order valence-corrected chi connectivity index (χ0v) is 20.7. The Labute approximate surface area is 221 Å². The molecule has 0 aliphatic carbocycles. The van der Waals surface area contributed by atoms with Crippen molar-refractivity contribution in [2.45, 2.75) is 0 Å². The number of fused-ring (bicyclic) bond motifs is 1. The summed E-state index contributed by atoms with van der Waals surface area (Å²) in [5.41, 5.74) is 1.08. The van der Waals surface area contributed by atoms with Crippen molar-refractivity contribution in [3.05, 3.63) is 108 Å². The molecule has 0 spiro atoms. The molecule has 1 amide bonds. The van der Waals surface area contributed by atoms with Crippen molar-refractivity contribution in [3.8, 4) is 34.3 Å². The molecule has 196 valence electrons. The average molecular weight is 528 g/mol. The normalized spacial score (nSPS) is 10.8. The fourth-order valence-corrected chi connectivity index (χ4v) is 3.91. The second-order valence-corrected chi connectivity index (χ2v) is 8.26. The van der Waals surface area contributed by atoms with E-state index in [9.17, 15) is 14.4 Å². The molecule has 0 saturated carbocycles. The molecule has 10 heteroatoms. The van der Waals surface area contributed by atoms with E-state index in [1.165, 1.54) is 62.9 Å². The molecule has 0 aliphatic rings. The third-order valence-electron chi connectivity index (χ3n) is 5.87. The molecular formula is C29H20F2N3O5-. The number of hydroxylamine groups is 1. The number of pyridine rings is 2. The lowest BCUT2D eigenvalue weighted by Crippen LogP contribution is -2.25. The van der Waals surface area contributed by atoms with E-state index >= 15 is 4.39 Å². The van der Waals surface area contributed by atoms with E-state index in [2.05, 4.69) is 9.97 Å². The van der Waals surface area contributed by atoms with Crippen LogP contribution in [0, 0.1) is 16.8 Å². The van der Waals surface area contributed by atoms with Gasteiger partial charge in [0.15, 0.2) is 23.1 Å². The van der Waals surface area contributed by atoms with Crippen LogP contribution in [0.3, 0.4) is 0 Å². The van der Waals surface area contributed by atoms with Crippen LogP contribution in [0.5, 0.6) is 23.0 Å². The van der Waals surface area contributed by atoms with E-state index in [4.69, 9.17) is 14.2 Å². The Kier molecular flexibility index (Phi) is 7.02. The van der Waals surface area contributed by atoms with Gasteiger partial charge < -0.3 is 24.5 Å². The third kappa shape index (κ3) is 5.18. The Hall–Kier alpha value is -5.09. The van der Waals surface area contributed by atoms with Gasteiger partial charge in [-0.25, -0.2) is 13.8 Å². The molecule has 0 aliphatic heterocycles. The van der Waals surface area contributed by atoms with Gasteiger partial charge in [-0.2, -0.15) is 0 Å². The van der Waals surface area contributed by atoms with Crippen LogP contribution in [0.2, 0.25) is 0 Å². The molecule has 0 bridgehead atoms. The number of amides is 1. The molecule has 5 aromatic rings. The summed E-state index contributed by atoms with van der Waals surface area (Å²) >= 11 is 0. The van der Waals surface area contributed by atoms with Gasteiger partial charge in [-0.1, -0.05) is 6.07 Å². The van der Waals surface area contributed by atoms with Crippen LogP contribution in [-0.4, -0.2) is 30.1 Å². The zero-order chi connectivity index (χ0) is 27.5. The van der Waals surface area contributed by atoms with Crippen molar-refractivity contribution >= 4 is 22.5 Å². The molecule has 0 atom stereocenters. The lowest BCUT2D eigenvalue weighted by Gasteiger charge is -2.28. The van der Waals surface area contributed by atoms with Crippen LogP contribution in [-0.2, 0) is 0 Å². The first kappa shape index (κ1) is 25.6. The van der Waals surface area contributed by atoms with Crippen LogP contribution >= 0.6 is 0 Å². The number of rotatable bonds is 7. The first-order valence-corrected chi connectivity index (χ1v) is 11.6. The first-order chi connectivity index (χ1) is 18.9. The van der Waals surface area contributed by atoms with E-state index < -0.39 is 17.5 Å². The number of nitrogens with zero attached hydrogens (tertiary/aromatic N) is 3. The average Bonchev–Trinajstić information content (AvgIpc) is 2.97. The highest BCUT2D eigenvalue weighted by Crippen LogP contribution is 2.37. The van der Waals surface area contributed by atoms with Gasteiger partial charge in [0.25, 0.3) is 5.91 Å². The molecule has 39 heavy (non-hydrogen) atoms. The van der Waals surface area contributed by atoms with Crippen LogP contribution in [0.4, 0.5) is 14.5 Å². The number of anilines is 1. The van der Waals surface area contributed by atoms with Gasteiger partial charge in [-0.15, -0.1) is 0 Å². The van der Waals surface area contributed by atoms with Crippen molar-refractivity contribution in [1.82, 2.24) is 9.97 Å². The Morgan fingerprint density at radius 1 is 0.846 bits per heavy atom. The van der Waals surface area contributed by atoms with Crippen LogP contribution in [0.15, 0.2) is 85.1 Å². The lowest BCUT2D eigenvalue weighted by molar-refractivity contribution is 0.0993. The molecule has 2 aromatic heterocycles. The van der Waals surface area contributed by atoms with Gasteiger partial charge in [0.05, 0.1) is 25.4 Å². The molecule has 0 N–H and O–H groups in total. The van der Waals surface area contributed by atoms with Crippen LogP contribution in [0.1, 0.15) is 10.5 Å². The summed E-state index contributed by atoms with van der Waals surface area (Å²) in [5.74, 6) is -1.22. The fraction of sp³-hybridized carbons (Fsp3) is 0.0690. The number of halogens is 2. The van der Waals surface area contributed by atoms with Gasteiger partial charge in [0.2, 0.25) is 0 Å². The molecule has 2 heterocycles. The largest absolute Gasteiger partial charge is 0.751 e. The lowest BCUT2D eigenvalue weighted by atomic mass is 10.1. The van der Waals surface area contributed by atoms with Crippen molar-refractivity contribution in [1.29, 1.82) is 0 Å². The number of hydrogen-bond donors (Lipinski definition) is 0. The Bertz CT molecular complexity index is 1680. The Morgan fingerprint density at radius 3 is 2.31 bits per heavy atom. The predicted octanol–water partition coefficient (Wildman–Crippen LogP) is 6.53. The predicted molar refractivity (Wildman–Crippen MR) is 141 cm³/mol. The standard InChI is InChI=1S/C29H20F2N3O5/c1-37-27-15-20-24(16-28(27)38-2)32-13-12-25(20)39-26-11-10-19(14-21(26)31)34(36)29(35)23-5-3-4-22(33-23)17-6-8-18(30)9-7-17/h3-16H,1-2H3/q-1. The Morgan fingerprint density at radius 2 is 1.59 bits per heavy atom. The minimum absolute atomic E-state index is 0.0443. The number of aromatic nitrogens is 2. The number of methoxy groups -OCH3 is 2. The fourth-order valence-electron chi connectivity index (χ4n) is 3.91. The highest BCUT2D eigenvalue weighted by Gasteiger charge is 2.16. The molecular weight excluding hydrogens is 508 g/mol. The summed E-state index contributed by atoms with van der Waals surface area (Å²) in [6, 6.07) is 18.4. The summed E-state index contributed by atoms with van der Waals surface area (Å²) in [6.45, 7) is 0. The number of hydrogen-bond acceptors (Lipinski definition) is 7. The topological polar surface area (TPSA) is 96.8 Å². The quantitative estimate of drug-likeness (QED) is 0.222. The van der Waals surface area contributed by atoms with Crippen molar-refractivity contribution in [3.63, 3.8) is 0 Å². The minimum Gasteiger partial charge on any atom is -0.751 e. The zero-order valence-electron chi connectivity index (χ0n) is 20.7. The van der Waals surface area contributed by atoms with Gasteiger partial charge in [0, 0.05) is 35.0 Å². The van der Waals surface area contributed by atoms with Gasteiger partial charge in [-0.05, 0) is 60.7 Å². The highest BCUT2D eigenvalue weighted by atomic mass is 19.1. The summed E-state index contributed by atoms with van der Waals surface area (Å²) in [6.07, 6.45) is 1.50. The molecule has 3 aromatic carbocycles. The first-order valence-electron chi connectivity index (χ1n) is 11.6.